The number of halogens is 4. The van der Waals surface area contributed by atoms with Crippen LogP contribution in [-0.4, -0.2) is 34.4 Å². The number of rotatable bonds is 3. The minimum atomic E-state index is -4.73. The Morgan fingerprint density at radius 3 is 2.37 bits per heavy atom. The molecule has 0 aliphatic rings. The average Bonchev–Trinajstić information content (AvgIpc) is 2.93. The summed E-state index contributed by atoms with van der Waals surface area (Å²) in [7, 11) is -3.93. The van der Waals surface area contributed by atoms with Gasteiger partial charge < -0.3 is 5.73 Å². The van der Waals surface area contributed by atoms with E-state index in [4.69, 9.17) is 17.3 Å². The van der Waals surface area contributed by atoms with E-state index in [9.17, 15) is 21.6 Å². The Kier molecular flexibility index (Phi) is 4.60. The Morgan fingerprint density at radius 1 is 1.19 bits per heavy atom. The normalized spacial score (nSPS) is 12.3. The van der Waals surface area contributed by atoms with Crippen LogP contribution in [0.25, 0.3) is 17.1 Å². The zero-order valence-corrected chi connectivity index (χ0v) is 15.1. The number of nitrogen functional groups attached to an aromatic ring is 1. The van der Waals surface area contributed by atoms with Crippen LogP contribution in [0.2, 0.25) is 5.02 Å². The molecule has 3 aromatic rings. The first kappa shape index (κ1) is 19.1. The number of hydrogen-bond acceptors (Lipinski definition) is 6. The lowest BCUT2D eigenvalue weighted by atomic mass is 10.0. The van der Waals surface area contributed by atoms with Crippen LogP contribution in [0.1, 0.15) is 5.56 Å². The summed E-state index contributed by atoms with van der Waals surface area (Å²) in [5.74, 6) is -0.256. The largest absolute Gasteiger partial charge is 0.417 e. The standard InChI is InChI=1S/C15H11ClF3N5O2S/c1-27(25,26)13-11(8-3-4-10(16)9(7-8)15(17,18)19)12(20)24(23-13)14-21-5-2-6-22-14/h2-7H,20H2,1H3. The summed E-state index contributed by atoms with van der Waals surface area (Å²) in [5.41, 5.74) is 4.59. The van der Waals surface area contributed by atoms with Gasteiger partial charge in [-0.1, -0.05) is 17.7 Å². The lowest BCUT2D eigenvalue weighted by Crippen LogP contribution is -2.07. The smallest absolute Gasteiger partial charge is 0.383 e. The molecule has 0 radical (unpaired) electrons. The third-order valence-corrected chi connectivity index (χ3v) is 4.86. The summed E-state index contributed by atoms with van der Waals surface area (Å²) in [6.45, 7) is 0. The van der Waals surface area contributed by atoms with Gasteiger partial charge >= 0.3 is 6.18 Å². The van der Waals surface area contributed by atoms with E-state index in [1.807, 2.05) is 0 Å². The Bertz CT molecular complexity index is 1110. The number of hydrogen-bond donors (Lipinski definition) is 1. The third-order valence-electron chi connectivity index (χ3n) is 3.54. The summed E-state index contributed by atoms with van der Waals surface area (Å²) in [4.78, 5) is 7.85. The van der Waals surface area contributed by atoms with Gasteiger partial charge in [0, 0.05) is 18.6 Å². The number of sulfone groups is 1. The van der Waals surface area contributed by atoms with E-state index in [-0.39, 0.29) is 22.9 Å². The van der Waals surface area contributed by atoms with Crippen LogP contribution in [0.4, 0.5) is 19.0 Å². The highest BCUT2D eigenvalue weighted by atomic mass is 35.5. The van der Waals surface area contributed by atoms with Crippen LogP contribution in [0.5, 0.6) is 0 Å². The molecule has 7 nitrogen and oxygen atoms in total. The first-order valence-corrected chi connectivity index (χ1v) is 9.50. The first-order valence-electron chi connectivity index (χ1n) is 7.23. The molecule has 0 saturated heterocycles. The number of aromatic nitrogens is 4. The molecule has 1 aromatic carbocycles. The van der Waals surface area contributed by atoms with Crippen LogP contribution >= 0.6 is 11.6 Å². The maximum Gasteiger partial charge on any atom is 0.417 e. The van der Waals surface area contributed by atoms with Crippen molar-refractivity contribution in [1.29, 1.82) is 0 Å². The van der Waals surface area contributed by atoms with Crippen LogP contribution in [0.15, 0.2) is 41.7 Å². The molecule has 0 unspecified atom stereocenters. The highest BCUT2D eigenvalue weighted by Crippen LogP contribution is 2.40. The summed E-state index contributed by atoms with van der Waals surface area (Å²) < 4.78 is 64.8. The summed E-state index contributed by atoms with van der Waals surface area (Å²) in [6.07, 6.45) is -1.10. The number of nitrogens with zero attached hydrogens (tertiary/aromatic N) is 4. The van der Waals surface area contributed by atoms with Crippen molar-refractivity contribution in [2.75, 3.05) is 12.0 Å². The second-order valence-electron chi connectivity index (χ2n) is 5.49. The van der Waals surface area contributed by atoms with Crippen molar-refractivity contribution in [2.24, 2.45) is 0 Å². The number of alkyl halides is 3. The molecule has 0 aliphatic heterocycles. The van der Waals surface area contributed by atoms with Crippen molar-refractivity contribution >= 4 is 27.3 Å². The predicted octanol–water partition coefficient (Wildman–Crippen LogP) is 2.99. The molecule has 0 fully saturated rings. The molecule has 0 atom stereocenters. The molecule has 27 heavy (non-hydrogen) atoms. The highest BCUT2D eigenvalue weighted by molar-refractivity contribution is 7.90. The minimum Gasteiger partial charge on any atom is -0.383 e. The number of anilines is 1. The monoisotopic (exact) mass is 417 g/mol. The van der Waals surface area contributed by atoms with Crippen molar-refractivity contribution in [3.63, 3.8) is 0 Å². The van der Waals surface area contributed by atoms with Gasteiger partial charge in [-0.15, -0.1) is 0 Å². The molecule has 2 N–H and O–H groups in total. The van der Waals surface area contributed by atoms with E-state index in [2.05, 4.69) is 15.1 Å². The molecule has 12 heteroatoms. The lowest BCUT2D eigenvalue weighted by molar-refractivity contribution is -0.137. The molecule has 0 saturated carbocycles. The van der Waals surface area contributed by atoms with Crippen molar-refractivity contribution in [3.8, 4) is 17.1 Å². The summed E-state index contributed by atoms with van der Waals surface area (Å²) in [5, 5.41) is 2.89. The molecule has 142 valence electrons. The molecule has 0 aliphatic carbocycles. The minimum absolute atomic E-state index is 0.0313. The van der Waals surface area contributed by atoms with E-state index in [1.54, 1.807) is 0 Å². The topological polar surface area (TPSA) is 104 Å². The maximum atomic E-state index is 13.2. The molecule has 2 aromatic heterocycles. The van der Waals surface area contributed by atoms with Gasteiger partial charge in [0.1, 0.15) is 5.82 Å². The van der Waals surface area contributed by atoms with Crippen molar-refractivity contribution in [2.45, 2.75) is 11.2 Å². The molecule has 3 rings (SSSR count). The quantitative estimate of drug-likeness (QED) is 0.702. The van der Waals surface area contributed by atoms with Crippen molar-refractivity contribution in [1.82, 2.24) is 19.7 Å². The fraction of sp³-hybridized carbons (Fsp3) is 0.133. The SMILES string of the molecule is CS(=O)(=O)c1nn(-c2ncccn2)c(N)c1-c1ccc(Cl)c(C(F)(F)F)c1. The Labute approximate surface area is 156 Å². The van der Waals surface area contributed by atoms with Gasteiger partial charge in [-0.2, -0.15) is 23.0 Å². The molecule has 0 bridgehead atoms. The molecular formula is C15H11ClF3N5O2S. The van der Waals surface area contributed by atoms with E-state index < -0.39 is 31.6 Å². The average molecular weight is 418 g/mol. The molecular weight excluding hydrogens is 407 g/mol. The van der Waals surface area contributed by atoms with E-state index in [0.717, 1.165) is 23.1 Å². The van der Waals surface area contributed by atoms with Gasteiger partial charge in [0.15, 0.2) is 14.9 Å². The lowest BCUT2D eigenvalue weighted by Gasteiger charge is -2.11. The Morgan fingerprint density at radius 2 is 1.81 bits per heavy atom. The van der Waals surface area contributed by atoms with E-state index in [1.165, 1.54) is 24.5 Å². The fourth-order valence-corrected chi connectivity index (χ4v) is 3.44. The molecule has 0 amide bonds. The van der Waals surface area contributed by atoms with Gasteiger partial charge in [0.05, 0.1) is 16.1 Å². The summed E-state index contributed by atoms with van der Waals surface area (Å²) in [6, 6.07) is 4.49. The van der Waals surface area contributed by atoms with Gasteiger partial charge in [0.2, 0.25) is 0 Å². The van der Waals surface area contributed by atoms with Gasteiger partial charge in [0.25, 0.3) is 5.95 Å². The van der Waals surface area contributed by atoms with Gasteiger partial charge in [-0.05, 0) is 23.8 Å². The maximum absolute atomic E-state index is 13.2. The Hall–Kier alpha value is -2.66. The zero-order valence-electron chi connectivity index (χ0n) is 13.6. The third kappa shape index (κ3) is 3.60. The van der Waals surface area contributed by atoms with Crippen molar-refractivity contribution in [3.05, 3.63) is 47.2 Å². The molecule has 2 heterocycles. The highest BCUT2D eigenvalue weighted by Gasteiger charge is 2.34. The van der Waals surface area contributed by atoms with Gasteiger partial charge in [-0.25, -0.2) is 18.4 Å². The summed E-state index contributed by atoms with van der Waals surface area (Å²) >= 11 is 5.63. The predicted molar refractivity (Wildman–Crippen MR) is 92.1 cm³/mol. The van der Waals surface area contributed by atoms with Crippen molar-refractivity contribution < 1.29 is 21.6 Å². The number of benzene rings is 1. The zero-order chi connectivity index (χ0) is 20.0. The van der Waals surface area contributed by atoms with E-state index in [0.29, 0.717) is 0 Å². The molecule has 0 spiro atoms. The Balaban J connectivity index is 2.32. The second kappa shape index (κ2) is 6.50. The van der Waals surface area contributed by atoms with Crippen LogP contribution in [0.3, 0.4) is 0 Å². The first-order chi connectivity index (χ1) is 12.5. The second-order valence-corrected chi connectivity index (χ2v) is 7.83. The van der Waals surface area contributed by atoms with Crippen LogP contribution < -0.4 is 5.73 Å². The van der Waals surface area contributed by atoms with Crippen LogP contribution in [-0.2, 0) is 16.0 Å². The van der Waals surface area contributed by atoms with Crippen LogP contribution in [0, 0.1) is 0 Å². The number of nitrogens with two attached hydrogens (primary N) is 1. The fourth-order valence-electron chi connectivity index (χ4n) is 2.39. The van der Waals surface area contributed by atoms with E-state index >= 15 is 0 Å². The van der Waals surface area contributed by atoms with Gasteiger partial charge in [-0.3, -0.25) is 0 Å².